The van der Waals surface area contributed by atoms with E-state index in [9.17, 15) is 9.90 Å². The molecule has 1 heterocycles. The Morgan fingerprint density at radius 1 is 1.41 bits per heavy atom. The predicted octanol–water partition coefficient (Wildman–Crippen LogP) is 1.77. The monoisotopic (exact) mass is 233 g/mol. The molecule has 0 aromatic heterocycles. The van der Waals surface area contributed by atoms with Crippen LogP contribution in [0, 0.1) is 0 Å². The van der Waals surface area contributed by atoms with Crippen LogP contribution in [0.5, 0.6) is 0 Å². The lowest BCUT2D eigenvalue weighted by Crippen LogP contribution is -2.46. The molecule has 1 N–H and O–H groups in total. The smallest absolute Gasteiger partial charge is 0.135 e. The topological polar surface area (TPSA) is 40.5 Å². The van der Waals surface area contributed by atoms with E-state index in [-0.39, 0.29) is 24.5 Å². The fourth-order valence-corrected chi connectivity index (χ4v) is 2.52. The lowest BCUT2D eigenvalue weighted by molar-refractivity contribution is -0.124. The van der Waals surface area contributed by atoms with E-state index < -0.39 is 0 Å². The van der Waals surface area contributed by atoms with Gasteiger partial charge in [0.1, 0.15) is 5.78 Å². The van der Waals surface area contributed by atoms with Crippen LogP contribution in [-0.4, -0.2) is 35.0 Å². The van der Waals surface area contributed by atoms with E-state index in [4.69, 9.17) is 0 Å². The van der Waals surface area contributed by atoms with Gasteiger partial charge in [0.05, 0.1) is 6.61 Å². The molecule has 92 valence electrons. The van der Waals surface area contributed by atoms with Crippen molar-refractivity contribution in [2.45, 2.75) is 31.8 Å². The minimum atomic E-state index is -0.0218. The highest BCUT2D eigenvalue weighted by atomic mass is 16.3. The molecule has 0 radical (unpaired) electrons. The number of piperidine rings is 1. The number of aliphatic hydroxyl groups is 1. The molecular weight excluding hydrogens is 214 g/mol. The third-order valence-corrected chi connectivity index (χ3v) is 3.57. The molecule has 0 spiro atoms. The lowest BCUT2D eigenvalue weighted by Gasteiger charge is -2.38. The number of hydrogen-bond acceptors (Lipinski definition) is 3. The third kappa shape index (κ3) is 2.73. The summed E-state index contributed by atoms with van der Waals surface area (Å²) in [5.74, 6) is 0.264. The summed E-state index contributed by atoms with van der Waals surface area (Å²) in [5, 5.41) is 9.38. The summed E-state index contributed by atoms with van der Waals surface area (Å²) in [6, 6.07) is 10.5. The number of ketones is 1. The van der Waals surface area contributed by atoms with Gasteiger partial charge in [-0.3, -0.25) is 9.69 Å². The number of nitrogens with zero attached hydrogens (tertiary/aromatic N) is 1. The van der Waals surface area contributed by atoms with E-state index in [2.05, 4.69) is 24.0 Å². The molecular formula is C14H19NO2. The van der Waals surface area contributed by atoms with Gasteiger partial charge in [-0.05, 0) is 12.5 Å². The van der Waals surface area contributed by atoms with Gasteiger partial charge in [0.15, 0.2) is 0 Å². The third-order valence-electron chi connectivity index (χ3n) is 3.57. The van der Waals surface area contributed by atoms with Gasteiger partial charge < -0.3 is 5.11 Å². The normalized spacial score (nSPS) is 23.6. The van der Waals surface area contributed by atoms with Crippen molar-refractivity contribution in [1.29, 1.82) is 0 Å². The summed E-state index contributed by atoms with van der Waals surface area (Å²) >= 11 is 0. The Morgan fingerprint density at radius 2 is 2.12 bits per heavy atom. The van der Waals surface area contributed by atoms with Crippen LogP contribution in [0.1, 0.15) is 31.4 Å². The van der Waals surface area contributed by atoms with Crippen LogP contribution < -0.4 is 0 Å². The zero-order valence-electron chi connectivity index (χ0n) is 10.2. The molecule has 1 aliphatic rings. The summed E-state index contributed by atoms with van der Waals surface area (Å²) in [4.78, 5) is 13.6. The molecule has 1 aromatic carbocycles. The molecule has 2 rings (SSSR count). The molecule has 1 aliphatic heterocycles. The number of aliphatic hydroxyl groups excluding tert-OH is 1. The molecule has 17 heavy (non-hydrogen) atoms. The second-order valence-electron chi connectivity index (χ2n) is 4.65. The molecule has 2 atom stereocenters. The first-order valence-corrected chi connectivity index (χ1v) is 6.15. The minimum absolute atomic E-state index is 0.0218. The van der Waals surface area contributed by atoms with Crippen LogP contribution in [0.25, 0.3) is 0 Å². The van der Waals surface area contributed by atoms with Crippen molar-refractivity contribution < 1.29 is 9.90 Å². The molecule has 0 bridgehead atoms. The highest BCUT2D eigenvalue weighted by Crippen LogP contribution is 2.26. The van der Waals surface area contributed by atoms with E-state index in [1.54, 1.807) is 0 Å². The van der Waals surface area contributed by atoms with E-state index in [0.29, 0.717) is 12.8 Å². The first-order valence-electron chi connectivity index (χ1n) is 6.15. The van der Waals surface area contributed by atoms with Crippen LogP contribution in [-0.2, 0) is 4.79 Å². The number of rotatable bonds is 3. The molecule has 1 saturated heterocycles. The van der Waals surface area contributed by atoms with Crippen molar-refractivity contribution in [1.82, 2.24) is 4.90 Å². The number of benzene rings is 1. The Hall–Kier alpha value is -1.19. The highest BCUT2D eigenvalue weighted by molar-refractivity contribution is 5.80. The summed E-state index contributed by atoms with van der Waals surface area (Å²) in [6.07, 6.45) is 1.08. The lowest BCUT2D eigenvalue weighted by atomic mass is 9.97. The van der Waals surface area contributed by atoms with Crippen LogP contribution in [0.2, 0.25) is 0 Å². The van der Waals surface area contributed by atoms with Crippen molar-refractivity contribution >= 4 is 5.78 Å². The summed E-state index contributed by atoms with van der Waals surface area (Å²) in [5.41, 5.74) is 1.24. The SMILES string of the molecule is CC(c1ccccc1)N1CCC(=O)CC1CO. The average molecular weight is 233 g/mol. The molecule has 1 aromatic rings. The molecule has 3 heteroatoms. The summed E-state index contributed by atoms with van der Waals surface area (Å²) in [6.45, 7) is 2.94. The van der Waals surface area contributed by atoms with Crippen LogP contribution >= 0.6 is 0 Å². The summed E-state index contributed by atoms with van der Waals surface area (Å²) < 4.78 is 0. The van der Waals surface area contributed by atoms with E-state index in [1.165, 1.54) is 5.56 Å². The van der Waals surface area contributed by atoms with Gasteiger partial charge in [-0.1, -0.05) is 30.3 Å². The molecule has 1 fully saturated rings. The Labute approximate surface area is 102 Å². The van der Waals surface area contributed by atoms with E-state index in [0.717, 1.165) is 6.54 Å². The Kier molecular flexibility index (Phi) is 3.92. The van der Waals surface area contributed by atoms with Gasteiger partial charge >= 0.3 is 0 Å². The standard InChI is InChI=1S/C14H19NO2/c1-11(12-5-3-2-4-6-12)15-8-7-14(17)9-13(15)10-16/h2-6,11,13,16H,7-10H2,1H3. The van der Waals surface area contributed by atoms with Crippen LogP contribution in [0.4, 0.5) is 0 Å². The average Bonchev–Trinajstić information content (AvgIpc) is 2.39. The van der Waals surface area contributed by atoms with Crippen molar-refractivity contribution in [2.75, 3.05) is 13.2 Å². The molecule has 0 saturated carbocycles. The van der Waals surface area contributed by atoms with Crippen molar-refractivity contribution in [3.8, 4) is 0 Å². The number of carbonyl (C=O) groups is 1. The van der Waals surface area contributed by atoms with Crippen LogP contribution in [0.15, 0.2) is 30.3 Å². The molecule has 0 amide bonds. The maximum atomic E-state index is 11.4. The van der Waals surface area contributed by atoms with Gasteiger partial charge in [0.2, 0.25) is 0 Å². The van der Waals surface area contributed by atoms with E-state index >= 15 is 0 Å². The quantitative estimate of drug-likeness (QED) is 0.865. The first kappa shape index (κ1) is 12.3. The zero-order valence-corrected chi connectivity index (χ0v) is 10.2. The van der Waals surface area contributed by atoms with Crippen molar-refractivity contribution in [3.05, 3.63) is 35.9 Å². The Morgan fingerprint density at radius 3 is 2.76 bits per heavy atom. The fourth-order valence-electron chi connectivity index (χ4n) is 2.52. The van der Waals surface area contributed by atoms with Gasteiger partial charge in [-0.15, -0.1) is 0 Å². The maximum Gasteiger partial charge on any atom is 0.135 e. The molecule has 0 aliphatic carbocycles. The number of Topliss-reactive ketones (excluding diaryl/α,β-unsaturated/α-hetero) is 1. The molecule has 2 unspecified atom stereocenters. The molecule has 3 nitrogen and oxygen atoms in total. The first-order chi connectivity index (χ1) is 8.22. The maximum absolute atomic E-state index is 11.4. The second-order valence-corrected chi connectivity index (χ2v) is 4.65. The summed E-state index contributed by atoms with van der Waals surface area (Å²) in [7, 11) is 0. The second kappa shape index (κ2) is 5.43. The van der Waals surface area contributed by atoms with Crippen molar-refractivity contribution in [3.63, 3.8) is 0 Å². The number of carbonyl (C=O) groups excluding carboxylic acids is 1. The van der Waals surface area contributed by atoms with Crippen LogP contribution in [0.3, 0.4) is 0 Å². The Bertz CT molecular complexity index is 377. The fraction of sp³-hybridized carbons (Fsp3) is 0.500. The zero-order chi connectivity index (χ0) is 12.3. The van der Waals surface area contributed by atoms with Gasteiger partial charge in [0.25, 0.3) is 0 Å². The van der Waals surface area contributed by atoms with Gasteiger partial charge in [-0.25, -0.2) is 0 Å². The van der Waals surface area contributed by atoms with Crippen molar-refractivity contribution in [2.24, 2.45) is 0 Å². The number of hydrogen-bond donors (Lipinski definition) is 1. The highest BCUT2D eigenvalue weighted by Gasteiger charge is 2.30. The number of likely N-dealkylation sites (tertiary alicyclic amines) is 1. The predicted molar refractivity (Wildman–Crippen MR) is 66.7 cm³/mol. The Balaban J connectivity index is 2.13. The van der Waals surface area contributed by atoms with Gasteiger partial charge in [-0.2, -0.15) is 0 Å². The van der Waals surface area contributed by atoms with Gasteiger partial charge in [0, 0.05) is 31.5 Å². The largest absolute Gasteiger partial charge is 0.395 e. The minimum Gasteiger partial charge on any atom is -0.395 e. The van der Waals surface area contributed by atoms with E-state index in [1.807, 2.05) is 18.2 Å².